The van der Waals surface area contributed by atoms with Crippen LogP contribution in [0.1, 0.15) is 36.8 Å². The van der Waals surface area contributed by atoms with Crippen LogP contribution in [-0.2, 0) is 21.4 Å². The molecule has 2 aliphatic heterocycles. The standard InChI is InChI=1S/C23H27FN2O4S/c1-16-6-11-21(30-2)22(14-16)31(28,29)26-13-12-19-20(26)4-3-5-23(27)25(19)15-17-7-9-18(24)10-8-17/h6-11,14,19-20H,3-5,12-13,15H2,1-2H3/t19-,20-/m1/s1. The third-order valence-electron chi connectivity index (χ3n) is 6.24. The number of benzene rings is 2. The number of fused-ring (bicyclic) bond motifs is 1. The number of aryl methyl sites for hydroxylation is 1. The number of nitrogens with zero attached hydrogens (tertiary/aromatic N) is 2. The van der Waals surface area contributed by atoms with Gasteiger partial charge >= 0.3 is 0 Å². The van der Waals surface area contributed by atoms with E-state index in [1.165, 1.54) is 19.2 Å². The van der Waals surface area contributed by atoms with Gasteiger partial charge in [-0.25, -0.2) is 12.8 Å². The second kappa shape index (κ2) is 8.59. The Balaban J connectivity index is 1.65. The molecule has 0 bridgehead atoms. The maximum Gasteiger partial charge on any atom is 0.247 e. The van der Waals surface area contributed by atoms with Gasteiger partial charge in [-0.05, 0) is 61.6 Å². The van der Waals surface area contributed by atoms with Crippen molar-refractivity contribution in [2.45, 2.75) is 56.1 Å². The summed E-state index contributed by atoms with van der Waals surface area (Å²) in [6, 6.07) is 10.7. The third-order valence-corrected chi connectivity index (χ3v) is 8.19. The molecule has 166 valence electrons. The molecule has 2 fully saturated rings. The van der Waals surface area contributed by atoms with Gasteiger partial charge in [0.2, 0.25) is 15.9 Å². The Morgan fingerprint density at radius 2 is 1.84 bits per heavy atom. The Kier molecular flexibility index (Phi) is 6.03. The predicted octanol–water partition coefficient (Wildman–Crippen LogP) is 3.49. The molecule has 2 aliphatic rings. The van der Waals surface area contributed by atoms with Gasteiger partial charge in [-0.15, -0.1) is 0 Å². The molecule has 0 radical (unpaired) electrons. The van der Waals surface area contributed by atoms with Crippen molar-refractivity contribution in [2.75, 3.05) is 13.7 Å². The lowest BCUT2D eigenvalue weighted by Crippen LogP contribution is -2.47. The fourth-order valence-electron chi connectivity index (χ4n) is 4.70. The van der Waals surface area contributed by atoms with Crippen LogP contribution in [0.2, 0.25) is 0 Å². The highest BCUT2D eigenvalue weighted by Crippen LogP contribution is 2.37. The number of likely N-dealkylation sites (tertiary alicyclic amines) is 1. The number of methoxy groups -OCH3 is 1. The normalized spacial score (nSPS) is 22.3. The van der Waals surface area contributed by atoms with Crippen molar-refractivity contribution in [3.8, 4) is 5.75 Å². The van der Waals surface area contributed by atoms with Crippen LogP contribution in [0.3, 0.4) is 0 Å². The van der Waals surface area contributed by atoms with Crippen molar-refractivity contribution in [3.05, 3.63) is 59.4 Å². The highest BCUT2D eigenvalue weighted by atomic mass is 32.2. The van der Waals surface area contributed by atoms with E-state index in [-0.39, 0.29) is 28.7 Å². The lowest BCUT2D eigenvalue weighted by molar-refractivity contribution is -0.133. The van der Waals surface area contributed by atoms with Crippen molar-refractivity contribution >= 4 is 15.9 Å². The van der Waals surface area contributed by atoms with E-state index in [0.717, 1.165) is 11.1 Å². The molecule has 0 aromatic heterocycles. The predicted molar refractivity (Wildman–Crippen MR) is 115 cm³/mol. The van der Waals surface area contributed by atoms with Crippen molar-refractivity contribution in [1.29, 1.82) is 0 Å². The molecule has 0 N–H and O–H groups in total. The molecule has 0 spiro atoms. The maximum absolute atomic E-state index is 13.6. The molecule has 0 aliphatic carbocycles. The van der Waals surface area contributed by atoms with Crippen LogP contribution in [0.4, 0.5) is 4.39 Å². The van der Waals surface area contributed by atoms with Gasteiger partial charge in [0.05, 0.1) is 7.11 Å². The average molecular weight is 447 g/mol. The lowest BCUT2D eigenvalue weighted by Gasteiger charge is -2.33. The first-order valence-electron chi connectivity index (χ1n) is 10.5. The topological polar surface area (TPSA) is 66.9 Å². The van der Waals surface area contributed by atoms with E-state index >= 15 is 0 Å². The molecular weight excluding hydrogens is 419 g/mol. The van der Waals surface area contributed by atoms with E-state index in [4.69, 9.17) is 4.74 Å². The molecule has 1 amide bonds. The third kappa shape index (κ3) is 4.19. The van der Waals surface area contributed by atoms with Gasteiger partial charge in [0.15, 0.2) is 0 Å². The second-order valence-corrected chi connectivity index (χ2v) is 10.1. The quantitative estimate of drug-likeness (QED) is 0.705. The van der Waals surface area contributed by atoms with E-state index in [9.17, 15) is 17.6 Å². The van der Waals surface area contributed by atoms with Crippen LogP contribution in [0.25, 0.3) is 0 Å². The summed E-state index contributed by atoms with van der Waals surface area (Å²) in [5.41, 5.74) is 1.67. The number of ether oxygens (including phenoxy) is 1. The van der Waals surface area contributed by atoms with Crippen molar-refractivity contribution in [3.63, 3.8) is 0 Å². The summed E-state index contributed by atoms with van der Waals surface area (Å²) in [4.78, 5) is 14.8. The smallest absolute Gasteiger partial charge is 0.247 e. The minimum Gasteiger partial charge on any atom is -0.495 e. The fourth-order valence-corrected chi connectivity index (χ4v) is 6.64. The zero-order chi connectivity index (χ0) is 22.2. The first-order chi connectivity index (χ1) is 14.8. The molecule has 2 saturated heterocycles. The number of halogens is 1. The number of sulfonamides is 1. The maximum atomic E-state index is 13.6. The largest absolute Gasteiger partial charge is 0.495 e. The molecule has 2 aromatic rings. The molecule has 0 saturated carbocycles. The number of carbonyl (C=O) groups excluding carboxylic acids is 1. The minimum absolute atomic E-state index is 0.0178. The van der Waals surface area contributed by atoms with E-state index in [1.807, 2.05) is 13.0 Å². The number of carbonyl (C=O) groups is 1. The van der Waals surface area contributed by atoms with Crippen molar-refractivity contribution < 1.29 is 22.3 Å². The number of amides is 1. The minimum atomic E-state index is -3.79. The van der Waals surface area contributed by atoms with Crippen LogP contribution in [0.15, 0.2) is 47.4 Å². The van der Waals surface area contributed by atoms with Gasteiger partial charge in [0.1, 0.15) is 16.5 Å². The molecule has 6 nitrogen and oxygen atoms in total. The van der Waals surface area contributed by atoms with E-state index in [1.54, 1.807) is 33.5 Å². The van der Waals surface area contributed by atoms with Crippen molar-refractivity contribution in [1.82, 2.24) is 9.21 Å². The summed E-state index contributed by atoms with van der Waals surface area (Å²) in [7, 11) is -2.33. The van der Waals surface area contributed by atoms with Crippen LogP contribution in [0, 0.1) is 12.7 Å². The first-order valence-corrected chi connectivity index (χ1v) is 12.0. The number of rotatable bonds is 5. The fraction of sp³-hybridized carbons (Fsp3) is 0.435. The average Bonchev–Trinajstić information content (AvgIpc) is 3.11. The van der Waals surface area contributed by atoms with Crippen LogP contribution in [-0.4, -0.2) is 49.3 Å². The van der Waals surface area contributed by atoms with Crippen LogP contribution >= 0.6 is 0 Å². The molecule has 4 rings (SSSR count). The van der Waals surface area contributed by atoms with Gasteiger partial charge in [-0.1, -0.05) is 18.2 Å². The Bertz CT molecular complexity index is 1070. The number of hydrogen-bond acceptors (Lipinski definition) is 4. The van der Waals surface area contributed by atoms with Gasteiger partial charge in [0.25, 0.3) is 0 Å². The monoisotopic (exact) mass is 446 g/mol. The Morgan fingerprint density at radius 3 is 2.55 bits per heavy atom. The highest BCUT2D eigenvalue weighted by Gasteiger charge is 2.46. The summed E-state index contributed by atoms with van der Waals surface area (Å²) < 4.78 is 47.4. The van der Waals surface area contributed by atoms with E-state index in [2.05, 4.69) is 0 Å². The van der Waals surface area contributed by atoms with Gasteiger partial charge in [0, 0.05) is 31.6 Å². The molecule has 0 unspecified atom stereocenters. The van der Waals surface area contributed by atoms with E-state index in [0.29, 0.717) is 44.5 Å². The Hall–Kier alpha value is -2.45. The zero-order valence-electron chi connectivity index (χ0n) is 17.8. The highest BCUT2D eigenvalue weighted by molar-refractivity contribution is 7.89. The van der Waals surface area contributed by atoms with Crippen molar-refractivity contribution in [2.24, 2.45) is 0 Å². The SMILES string of the molecule is COc1ccc(C)cc1S(=O)(=O)N1CC[C@@H]2[C@H]1CCCC(=O)N2Cc1ccc(F)cc1. The van der Waals surface area contributed by atoms with Crippen LogP contribution in [0.5, 0.6) is 5.75 Å². The summed E-state index contributed by atoms with van der Waals surface area (Å²) >= 11 is 0. The molecule has 8 heteroatoms. The molecule has 31 heavy (non-hydrogen) atoms. The Morgan fingerprint density at radius 1 is 1.10 bits per heavy atom. The first kappa shape index (κ1) is 21.8. The summed E-state index contributed by atoms with van der Waals surface area (Å²) in [6.45, 7) is 2.55. The van der Waals surface area contributed by atoms with Crippen LogP contribution < -0.4 is 4.74 Å². The molecule has 2 heterocycles. The molecule has 2 atom stereocenters. The van der Waals surface area contributed by atoms with Gasteiger partial charge in [-0.2, -0.15) is 4.31 Å². The Labute approximate surface area is 182 Å². The van der Waals surface area contributed by atoms with E-state index < -0.39 is 10.0 Å². The second-order valence-electron chi connectivity index (χ2n) is 8.23. The molecular formula is C23H27FN2O4S. The summed E-state index contributed by atoms with van der Waals surface area (Å²) in [5.74, 6) is 0.0141. The molecule has 2 aromatic carbocycles. The van der Waals surface area contributed by atoms with Gasteiger partial charge in [-0.3, -0.25) is 4.79 Å². The zero-order valence-corrected chi connectivity index (χ0v) is 18.6. The number of hydrogen-bond donors (Lipinski definition) is 0. The van der Waals surface area contributed by atoms with Gasteiger partial charge < -0.3 is 9.64 Å². The summed E-state index contributed by atoms with van der Waals surface area (Å²) in [6.07, 6.45) is 2.22. The lowest BCUT2D eigenvalue weighted by atomic mass is 10.0. The summed E-state index contributed by atoms with van der Waals surface area (Å²) in [5, 5.41) is 0.